The summed E-state index contributed by atoms with van der Waals surface area (Å²) < 4.78 is 0. The standard InChI is InChI=1S/C13H24N6/c1-13(2,3)5-9-10(14)17-12(15)18-11(9)19-6-8(7-19)16-4/h8,16H,5-7H2,1-4H3,(H4,14,15,17,18). The molecule has 1 aliphatic rings. The van der Waals surface area contributed by atoms with Gasteiger partial charge in [0.05, 0.1) is 0 Å². The highest BCUT2D eigenvalue weighted by Crippen LogP contribution is 2.32. The third-order valence-corrected chi connectivity index (χ3v) is 3.33. The second-order valence-electron chi connectivity index (χ2n) is 6.40. The lowest BCUT2D eigenvalue weighted by molar-refractivity contribution is 0.406. The molecule has 0 bridgehead atoms. The van der Waals surface area contributed by atoms with Crippen molar-refractivity contribution in [2.24, 2.45) is 5.41 Å². The van der Waals surface area contributed by atoms with Crippen LogP contribution in [0.3, 0.4) is 0 Å². The van der Waals surface area contributed by atoms with E-state index in [2.05, 4.69) is 41.0 Å². The fourth-order valence-electron chi connectivity index (χ4n) is 2.30. The molecular formula is C13H24N6. The molecule has 1 saturated heterocycles. The van der Waals surface area contributed by atoms with Crippen molar-refractivity contribution in [3.8, 4) is 0 Å². The highest BCUT2D eigenvalue weighted by molar-refractivity contribution is 5.61. The average Bonchev–Trinajstić information content (AvgIpc) is 2.20. The lowest BCUT2D eigenvalue weighted by Gasteiger charge is -2.41. The van der Waals surface area contributed by atoms with E-state index in [4.69, 9.17) is 11.5 Å². The van der Waals surface area contributed by atoms with E-state index in [0.717, 1.165) is 30.9 Å². The molecule has 2 heterocycles. The largest absolute Gasteiger partial charge is 0.383 e. The summed E-state index contributed by atoms with van der Waals surface area (Å²) in [5.41, 5.74) is 12.9. The Bertz CT molecular complexity index is 459. The van der Waals surface area contributed by atoms with E-state index < -0.39 is 0 Å². The molecule has 6 heteroatoms. The van der Waals surface area contributed by atoms with E-state index >= 15 is 0 Å². The highest BCUT2D eigenvalue weighted by Gasteiger charge is 2.30. The van der Waals surface area contributed by atoms with Gasteiger partial charge in [0.1, 0.15) is 11.6 Å². The van der Waals surface area contributed by atoms with Crippen molar-refractivity contribution in [1.82, 2.24) is 15.3 Å². The van der Waals surface area contributed by atoms with Gasteiger partial charge in [0.15, 0.2) is 0 Å². The van der Waals surface area contributed by atoms with Crippen LogP contribution in [-0.2, 0) is 6.42 Å². The fraction of sp³-hybridized carbons (Fsp3) is 0.692. The number of nitrogens with one attached hydrogen (secondary N) is 1. The van der Waals surface area contributed by atoms with E-state index in [-0.39, 0.29) is 11.4 Å². The van der Waals surface area contributed by atoms with Crippen LogP contribution in [0.15, 0.2) is 0 Å². The number of rotatable bonds is 3. The summed E-state index contributed by atoms with van der Waals surface area (Å²) >= 11 is 0. The topological polar surface area (TPSA) is 93.1 Å². The number of hydrogen-bond donors (Lipinski definition) is 3. The molecule has 0 saturated carbocycles. The molecule has 6 nitrogen and oxygen atoms in total. The maximum absolute atomic E-state index is 6.04. The van der Waals surface area contributed by atoms with E-state index in [0.29, 0.717) is 11.9 Å². The van der Waals surface area contributed by atoms with E-state index in [1.54, 1.807) is 0 Å². The molecule has 19 heavy (non-hydrogen) atoms. The molecule has 2 rings (SSSR count). The Kier molecular flexibility index (Phi) is 3.54. The van der Waals surface area contributed by atoms with Crippen molar-refractivity contribution < 1.29 is 0 Å². The summed E-state index contributed by atoms with van der Waals surface area (Å²) in [4.78, 5) is 10.7. The molecule has 0 spiro atoms. The molecule has 0 atom stereocenters. The summed E-state index contributed by atoms with van der Waals surface area (Å²) in [7, 11) is 1.97. The first-order valence-corrected chi connectivity index (χ1v) is 6.64. The Morgan fingerprint density at radius 1 is 1.26 bits per heavy atom. The van der Waals surface area contributed by atoms with Crippen molar-refractivity contribution in [2.45, 2.75) is 33.2 Å². The summed E-state index contributed by atoms with van der Waals surface area (Å²) in [6.45, 7) is 8.41. The first-order chi connectivity index (χ1) is 8.80. The first kappa shape index (κ1) is 13.9. The smallest absolute Gasteiger partial charge is 0.223 e. The number of hydrogen-bond acceptors (Lipinski definition) is 6. The quantitative estimate of drug-likeness (QED) is 0.742. The molecule has 5 N–H and O–H groups in total. The second-order valence-corrected chi connectivity index (χ2v) is 6.40. The van der Waals surface area contributed by atoms with Gasteiger partial charge in [0, 0.05) is 24.7 Å². The molecule has 0 radical (unpaired) electrons. The van der Waals surface area contributed by atoms with Gasteiger partial charge in [-0.2, -0.15) is 9.97 Å². The monoisotopic (exact) mass is 264 g/mol. The van der Waals surface area contributed by atoms with Crippen molar-refractivity contribution in [1.29, 1.82) is 0 Å². The van der Waals surface area contributed by atoms with Gasteiger partial charge in [0.2, 0.25) is 5.95 Å². The summed E-state index contributed by atoms with van der Waals surface area (Å²) in [6.07, 6.45) is 0.842. The lowest BCUT2D eigenvalue weighted by Crippen LogP contribution is -2.57. The minimum absolute atomic E-state index is 0.135. The van der Waals surface area contributed by atoms with Gasteiger partial charge in [0.25, 0.3) is 0 Å². The molecule has 0 aliphatic carbocycles. The van der Waals surface area contributed by atoms with Crippen molar-refractivity contribution in [3.05, 3.63) is 5.56 Å². The molecular weight excluding hydrogens is 240 g/mol. The number of likely N-dealkylation sites (N-methyl/N-ethyl adjacent to an activating group) is 1. The Balaban J connectivity index is 2.30. The molecule has 0 aromatic carbocycles. The predicted molar refractivity (Wildman–Crippen MR) is 79.1 cm³/mol. The minimum atomic E-state index is 0.135. The zero-order valence-corrected chi connectivity index (χ0v) is 12.2. The zero-order valence-electron chi connectivity index (χ0n) is 12.2. The van der Waals surface area contributed by atoms with Crippen LogP contribution in [0.1, 0.15) is 26.3 Å². The van der Waals surface area contributed by atoms with E-state index in [1.165, 1.54) is 0 Å². The van der Waals surface area contributed by atoms with Crippen LogP contribution in [-0.4, -0.2) is 36.1 Å². The normalized spacial score (nSPS) is 16.5. The van der Waals surface area contributed by atoms with Gasteiger partial charge in [-0.1, -0.05) is 20.8 Å². The number of nitrogen functional groups attached to an aromatic ring is 2. The lowest BCUT2D eigenvalue weighted by atomic mass is 9.88. The zero-order chi connectivity index (χ0) is 14.2. The van der Waals surface area contributed by atoms with Crippen molar-refractivity contribution >= 4 is 17.6 Å². The number of anilines is 3. The van der Waals surface area contributed by atoms with Crippen molar-refractivity contribution in [3.63, 3.8) is 0 Å². The van der Waals surface area contributed by atoms with Gasteiger partial charge in [-0.3, -0.25) is 0 Å². The Labute approximate surface area is 114 Å². The average molecular weight is 264 g/mol. The number of nitrogens with zero attached hydrogens (tertiary/aromatic N) is 3. The molecule has 0 amide bonds. The highest BCUT2D eigenvalue weighted by atomic mass is 15.3. The maximum atomic E-state index is 6.04. The summed E-state index contributed by atoms with van der Waals surface area (Å²) in [5.74, 6) is 1.65. The van der Waals surface area contributed by atoms with Crippen LogP contribution in [0.5, 0.6) is 0 Å². The van der Waals surface area contributed by atoms with Gasteiger partial charge in [-0.05, 0) is 18.9 Å². The Hall–Kier alpha value is -1.56. The molecule has 1 fully saturated rings. The van der Waals surface area contributed by atoms with Crippen LogP contribution >= 0.6 is 0 Å². The maximum Gasteiger partial charge on any atom is 0.223 e. The van der Waals surface area contributed by atoms with E-state index in [9.17, 15) is 0 Å². The van der Waals surface area contributed by atoms with Gasteiger partial charge in [-0.15, -0.1) is 0 Å². The first-order valence-electron chi connectivity index (χ1n) is 6.64. The van der Waals surface area contributed by atoms with Gasteiger partial charge < -0.3 is 21.7 Å². The van der Waals surface area contributed by atoms with Crippen LogP contribution in [0.4, 0.5) is 17.6 Å². The molecule has 0 unspecified atom stereocenters. The van der Waals surface area contributed by atoms with Gasteiger partial charge >= 0.3 is 0 Å². The van der Waals surface area contributed by atoms with Crippen LogP contribution < -0.4 is 21.7 Å². The Morgan fingerprint density at radius 3 is 2.42 bits per heavy atom. The van der Waals surface area contributed by atoms with Gasteiger partial charge in [-0.25, -0.2) is 0 Å². The molecule has 1 aromatic heterocycles. The Morgan fingerprint density at radius 2 is 1.89 bits per heavy atom. The minimum Gasteiger partial charge on any atom is -0.383 e. The third kappa shape index (κ3) is 3.07. The molecule has 1 aliphatic heterocycles. The third-order valence-electron chi connectivity index (χ3n) is 3.33. The van der Waals surface area contributed by atoms with Crippen LogP contribution in [0, 0.1) is 5.41 Å². The number of aromatic nitrogens is 2. The molecule has 106 valence electrons. The van der Waals surface area contributed by atoms with Crippen molar-refractivity contribution in [2.75, 3.05) is 36.5 Å². The van der Waals surface area contributed by atoms with E-state index in [1.807, 2.05) is 7.05 Å². The fourth-order valence-corrected chi connectivity index (χ4v) is 2.30. The second kappa shape index (κ2) is 4.85. The molecule has 1 aromatic rings. The SMILES string of the molecule is CNC1CN(c2nc(N)nc(N)c2CC(C)(C)C)C1. The number of nitrogens with two attached hydrogens (primary N) is 2. The van der Waals surface area contributed by atoms with Crippen LogP contribution in [0.2, 0.25) is 0 Å². The predicted octanol–water partition coefficient (Wildman–Crippen LogP) is 0.638. The summed E-state index contributed by atoms with van der Waals surface area (Å²) in [5, 5.41) is 3.25. The van der Waals surface area contributed by atoms with Crippen LogP contribution in [0.25, 0.3) is 0 Å². The summed E-state index contributed by atoms with van der Waals surface area (Å²) in [6, 6.07) is 0.514.